The summed E-state index contributed by atoms with van der Waals surface area (Å²) in [5.41, 5.74) is 2.11. The molecule has 1 aliphatic rings. The van der Waals surface area contributed by atoms with Crippen LogP contribution in [0.2, 0.25) is 0 Å². The maximum Gasteiger partial charge on any atom is 0.260 e. The molecule has 21 heavy (non-hydrogen) atoms. The second-order valence-corrected chi connectivity index (χ2v) is 5.67. The molecule has 1 aromatic rings. The molecule has 0 heterocycles. The number of aliphatic hydroxyl groups is 1. The average Bonchev–Trinajstić information content (AvgIpc) is 2.84. The van der Waals surface area contributed by atoms with Gasteiger partial charge in [0.25, 0.3) is 5.91 Å². The van der Waals surface area contributed by atoms with Crippen molar-refractivity contribution in [3.05, 3.63) is 29.3 Å². The number of benzene rings is 1. The summed E-state index contributed by atoms with van der Waals surface area (Å²) in [5.74, 6) is 0.616. The van der Waals surface area contributed by atoms with Gasteiger partial charge < -0.3 is 15.2 Å². The summed E-state index contributed by atoms with van der Waals surface area (Å²) >= 11 is 0. The van der Waals surface area contributed by atoms with Gasteiger partial charge in [0.05, 0.1) is 6.10 Å². The lowest BCUT2D eigenvalue weighted by Gasteiger charge is -2.15. The molecule has 4 nitrogen and oxygen atoms in total. The standard InChI is InChI=1S/C17H25NO3/c1-3-4-5-10-18-17(20)12(2)21-14-7-8-15-13(11-14)6-9-16(15)19/h7-8,11-12,16,19H,3-6,9-10H2,1-2H3,(H,18,20)/t12?,16-/m0/s1. The van der Waals surface area contributed by atoms with Crippen molar-refractivity contribution in [2.45, 2.75) is 58.2 Å². The Bertz CT molecular complexity index is 487. The van der Waals surface area contributed by atoms with E-state index in [0.29, 0.717) is 12.3 Å². The number of hydrogen-bond acceptors (Lipinski definition) is 3. The molecule has 1 unspecified atom stereocenters. The van der Waals surface area contributed by atoms with Crippen LogP contribution in [0.5, 0.6) is 5.75 Å². The molecular formula is C17H25NO3. The normalized spacial score (nSPS) is 18.1. The van der Waals surface area contributed by atoms with Crippen LogP contribution in [0.3, 0.4) is 0 Å². The second kappa shape index (κ2) is 7.46. The maximum absolute atomic E-state index is 11.9. The van der Waals surface area contributed by atoms with Gasteiger partial charge in [-0.05, 0) is 49.4 Å². The van der Waals surface area contributed by atoms with Crippen molar-refractivity contribution in [2.75, 3.05) is 6.54 Å². The average molecular weight is 291 g/mol. The molecule has 116 valence electrons. The molecule has 0 saturated carbocycles. The predicted octanol–water partition coefficient (Wildman–Crippen LogP) is 2.74. The van der Waals surface area contributed by atoms with Gasteiger partial charge in [-0.3, -0.25) is 4.79 Å². The van der Waals surface area contributed by atoms with Crippen molar-refractivity contribution in [3.8, 4) is 5.75 Å². The number of aryl methyl sites for hydroxylation is 1. The van der Waals surface area contributed by atoms with Gasteiger partial charge in [0.1, 0.15) is 5.75 Å². The Morgan fingerprint density at radius 1 is 1.48 bits per heavy atom. The first kappa shape index (κ1) is 15.8. The van der Waals surface area contributed by atoms with Crippen LogP contribution in [0.25, 0.3) is 0 Å². The van der Waals surface area contributed by atoms with Gasteiger partial charge in [0.2, 0.25) is 0 Å². The lowest BCUT2D eigenvalue weighted by atomic mass is 10.1. The van der Waals surface area contributed by atoms with E-state index in [4.69, 9.17) is 4.74 Å². The van der Waals surface area contributed by atoms with Crippen LogP contribution in [0.1, 0.15) is 56.8 Å². The van der Waals surface area contributed by atoms with Crippen LogP contribution >= 0.6 is 0 Å². The molecular weight excluding hydrogens is 266 g/mol. The summed E-state index contributed by atoms with van der Waals surface area (Å²) in [6.45, 7) is 4.60. The van der Waals surface area contributed by atoms with E-state index in [2.05, 4.69) is 12.2 Å². The Morgan fingerprint density at radius 2 is 2.29 bits per heavy atom. The zero-order valence-electron chi connectivity index (χ0n) is 12.9. The Balaban J connectivity index is 1.85. The molecule has 0 fully saturated rings. The van der Waals surface area contributed by atoms with Crippen LogP contribution in [-0.4, -0.2) is 23.7 Å². The van der Waals surface area contributed by atoms with Gasteiger partial charge in [0.15, 0.2) is 6.10 Å². The summed E-state index contributed by atoms with van der Waals surface area (Å²) < 4.78 is 5.70. The maximum atomic E-state index is 11.9. The first-order valence-corrected chi connectivity index (χ1v) is 7.87. The smallest absolute Gasteiger partial charge is 0.260 e. The molecule has 2 atom stereocenters. The Labute approximate surface area is 126 Å². The number of aliphatic hydroxyl groups excluding tert-OH is 1. The summed E-state index contributed by atoms with van der Waals surface area (Å²) in [4.78, 5) is 11.9. The lowest BCUT2D eigenvalue weighted by molar-refractivity contribution is -0.127. The van der Waals surface area contributed by atoms with Crippen molar-refractivity contribution in [3.63, 3.8) is 0 Å². The van der Waals surface area contributed by atoms with E-state index in [-0.39, 0.29) is 12.0 Å². The van der Waals surface area contributed by atoms with E-state index in [0.717, 1.165) is 43.2 Å². The number of ether oxygens (including phenoxy) is 1. The highest BCUT2D eigenvalue weighted by atomic mass is 16.5. The van der Waals surface area contributed by atoms with Crippen molar-refractivity contribution < 1.29 is 14.6 Å². The zero-order chi connectivity index (χ0) is 15.2. The van der Waals surface area contributed by atoms with E-state index < -0.39 is 6.10 Å². The number of unbranched alkanes of at least 4 members (excludes halogenated alkanes) is 2. The van der Waals surface area contributed by atoms with Crippen LogP contribution in [-0.2, 0) is 11.2 Å². The fraction of sp³-hybridized carbons (Fsp3) is 0.588. The molecule has 0 aliphatic heterocycles. The highest BCUT2D eigenvalue weighted by Crippen LogP contribution is 2.33. The summed E-state index contributed by atoms with van der Waals surface area (Å²) in [6, 6.07) is 5.66. The highest BCUT2D eigenvalue weighted by Gasteiger charge is 2.21. The van der Waals surface area contributed by atoms with E-state index in [1.165, 1.54) is 0 Å². The number of fused-ring (bicyclic) bond motifs is 1. The number of carbonyl (C=O) groups is 1. The van der Waals surface area contributed by atoms with Gasteiger partial charge in [-0.15, -0.1) is 0 Å². The van der Waals surface area contributed by atoms with Gasteiger partial charge >= 0.3 is 0 Å². The van der Waals surface area contributed by atoms with E-state index in [1.54, 1.807) is 6.92 Å². The SMILES string of the molecule is CCCCCNC(=O)C(C)Oc1ccc2c(c1)CC[C@@H]2O. The minimum atomic E-state index is -0.504. The number of nitrogens with one attached hydrogen (secondary N) is 1. The van der Waals surface area contributed by atoms with Crippen molar-refractivity contribution in [1.82, 2.24) is 5.32 Å². The third-order valence-corrected chi connectivity index (χ3v) is 3.92. The number of carbonyl (C=O) groups excluding carboxylic acids is 1. The van der Waals surface area contributed by atoms with Gasteiger partial charge in [-0.2, -0.15) is 0 Å². The Morgan fingerprint density at radius 3 is 3.05 bits per heavy atom. The molecule has 0 spiro atoms. The van der Waals surface area contributed by atoms with Crippen LogP contribution in [0, 0.1) is 0 Å². The Kier molecular flexibility index (Phi) is 5.62. The third-order valence-electron chi connectivity index (χ3n) is 3.92. The summed E-state index contributed by atoms with van der Waals surface area (Å²) in [7, 11) is 0. The number of hydrogen-bond donors (Lipinski definition) is 2. The molecule has 1 amide bonds. The van der Waals surface area contributed by atoms with E-state index in [1.807, 2.05) is 18.2 Å². The molecule has 0 bridgehead atoms. The minimum Gasteiger partial charge on any atom is -0.481 e. The van der Waals surface area contributed by atoms with Crippen LogP contribution in [0.15, 0.2) is 18.2 Å². The summed E-state index contributed by atoms with van der Waals surface area (Å²) in [6.07, 6.45) is 4.05. The van der Waals surface area contributed by atoms with Gasteiger partial charge in [-0.25, -0.2) is 0 Å². The fourth-order valence-corrected chi connectivity index (χ4v) is 2.63. The third kappa shape index (κ3) is 4.21. The van der Waals surface area contributed by atoms with Gasteiger partial charge in [-0.1, -0.05) is 25.8 Å². The fourth-order valence-electron chi connectivity index (χ4n) is 2.63. The number of amides is 1. The second-order valence-electron chi connectivity index (χ2n) is 5.67. The molecule has 2 N–H and O–H groups in total. The van der Waals surface area contributed by atoms with E-state index >= 15 is 0 Å². The molecule has 1 aromatic carbocycles. The van der Waals surface area contributed by atoms with Gasteiger partial charge in [0, 0.05) is 6.54 Å². The van der Waals surface area contributed by atoms with Crippen molar-refractivity contribution in [2.24, 2.45) is 0 Å². The zero-order valence-corrected chi connectivity index (χ0v) is 12.9. The molecule has 0 radical (unpaired) electrons. The minimum absolute atomic E-state index is 0.0772. The molecule has 0 saturated heterocycles. The van der Waals surface area contributed by atoms with E-state index in [9.17, 15) is 9.90 Å². The lowest BCUT2D eigenvalue weighted by Crippen LogP contribution is -2.36. The monoisotopic (exact) mass is 291 g/mol. The van der Waals surface area contributed by atoms with Crippen LogP contribution in [0.4, 0.5) is 0 Å². The summed E-state index contributed by atoms with van der Waals surface area (Å²) in [5, 5.41) is 12.7. The van der Waals surface area contributed by atoms with Crippen LogP contribution < -0.4 is 10.1 Å². The topological polar surface area (TPSA) is 58.6 Å². The molecule has 1 aliphatic carbocycles. The molecule has 4 heteroatoms. The molecule has 2 rings (SSSR count). The predicted molar refractivity (Wildman–Crippen MR) is 82.3 cm³/mol. The largest absolute Gasteiger partial charge is 0.481 e. The first-order valence-electron chi connectivity index (χ1n) is 7.87. The quantitative estimate of drug-likeness (QED) is 0.759. The number of rotatable bonds is 7. The first-order chi connectivity index (χ1) is 10.1. The van der Waals surface area contributed by atoms with Crippen molar-refractivity contribution >= 4 is 5.91 Å². The van der Waals surface area contributed by atoms with Crippen molar-refractivity contribution in [1.29, 1.82) is 0 Å². The molecule has 0 aromatic heterocycles. The highest BCUT2D eigenvalue weighted by molar-refractivity contribution is 5.80. The Hall–Kier alpha value is -1.55.